The molecule has 0 aromatic heterocycles. The van der Waals surface area contributed by atoms with Crippen LogP contribution in [0.15, 0.2) is 30.3 Å². The number of rotatable bonds is 4. The molecule has 18 heavy (non-hydrogen) atoms. The lowest BCUT2D eigenvalue weighted by atomic mass is 10.1. The van der Waals surface area contributed by atoms with E-state index in [1.165, 1.54) is 23.6 Å². The molecule has 1 aliphatic rings. The molecule has 0 spiro atoms. The maximum atomic E-state index is 10.4. The third kappa shape index (κ3) is 3.29. The minimum absolute atomic E-state index is 0.621. The van der Waals surface area contributed by atoms with Crippen LogP contribution >= 0.6 is 11.8 Å². The van der Waals surface area contributed by atoms with Crippen molar-refractivity contribution in [2.75, 3.05) is 23.5 Å². The van der Waals surface area contributed by atoms with Crippen molar-refractivity contribution in [3.8, 4) is 0 Å². The summed E-state index contributed by atoms with van der Waals surface area (Å²) < 4.78 is 0. The van der Waals surface area contributed by atoms with Gasteiger partial charge in [-0.2, -0.15) is 11.8 Å². The van der Waals surface area contributed by atoms with Gasteiger partial charge in [0.25, 0.3) is 0 Å². The Morgan fingerprint density at radius 1 is 1.44 bits per heavy atom. The number of carbonyl (C=O) groups is 1. The monoisotopic (exact) mass is 263 g/mol. The van der Waals surface area contributed by atoms with Gasteiger partial charge in [0, 0.05) is 30.6 Å². The van der Waals surface area contributed by atoms with Crippen molar-refractivity contribution in [1.82, 2.24) is 0 Å². The van der Waals surface area contributed by atoms with E-state index in [9.17, 15) is 4.79 Å². The van der Waals surface area contributed by atoms with E-state index in [-0.39, 0.29) is 0 Å². The highest BCUT2D eigenvalue weighted by Gasteiger charge is 2.19. The van der Waals surface area contributed by atoms with E-state index >= 15 is 0 Å². The Kier molecular flexibility index (Phi) is 4.31. The standard InChI is InChI=1S/C14H17NO2S/c1-15(13-8-9-18-10-13)12-5-2-11(3-6-12)4-7-14(16)17/h2-7,13H,8-10H2,1H3,(H,16,17)/b7-4+. The van der Waals surface area contributed by atoms with E-state index in [0.717, 1.165) is 11.6 Å². The summed E-state index contributed by atoms with van der Waals surface area (Å²) in [7, 11) is 2.12. The molecule has 0 amide bonds. The Morgan fingerprint density at radius 3 is 2.72 bits per heavy atom. The summed E-state index contributed by atoms with van der Waals surface area (Å²) in [5.41, 5.74) is 2.10. The van der Waals surface area contributed by atoms with E-state index in [4.69, 9.17) is 5.11 Å². The van der Waals surface area contributed by atoms with Crippen LogP contribution < -0.4 is 4.90 Å². The molecule has 3 nitrogen and oxygen atoms in total. The Bertz CT molecular complexity index is 436. The number of hydrogen-bond acceptors (Lipinski definition) is 3. The van der Waals surface area contributed by atoms with Gasteiger partial charge in [0.1, 0.15) is 0 Å². The second-order valence-corrected chi connectivity index (χ2v) is 5.54. The largest absolute Gasteiger partial charge is 0.478 e. The van der Waals surface area contributed by atoms with Gasteiger partial charge in [0.15, 0.2) is 0 Å². The SMILES string of the molecule is CN(c1ccc(/C=C/C(=O)O)cc1)C1CCSC1. The van der Waals surface area contributed by atoms with Crippen LogP contribution in [0, 0.1) is 0 Å². The molecule has 96 valence electrons. The van der Waals surface area contributed by atoms with Crippen LogP contribution in [0.5, 0.6) is 0 Å². The van der Waals surface area contributed by atoms with Gasteiger partial charge < -0.3 is 10.0 Å². The average Bonchev–Trinajstić information content (AvgIpc) is 2.90. The molecule has 1 fully saturated rings. The molecule has 4 heteroatoms. The first kappa shape index (κ1) is 13.0. The first-order chi connectivity index (χ1) is 8.66. The van der Waals surface area contributed by atoms with Crippen LogP contribution in [0.3, 0.4) is 0 Å². The second kappa shape index (κ2) is 5.96. The van der Waals surface area contributed by atoms with Crippen LogP contribution in [0.25, 0.3) is 6.08 Å². The number of carboxylic acids is 1. The molecule has 0 radical (unpaired) electrons. The van der Waals surface area contributed by atoms with Gasteiger partial charge in [0.2, 0.25) is 0 Å². The predicted molar refractivity (Wildman–Crippen MR) is 77.2 cm³/mol. The highest BCUT2D eigenvalue weighted by atomic mass is 32.2. The highest BCUT2D eigenvalue weighted by molar-refractivity contribution is 7.99. The summed E-state index contributed by atoms with van der Waals surface area (Å²) >= 11 is 2.00. The van der Waals surface area contributed by atoms with Gasteiger partial charge in [-0.15, -0.1) is 0 Å². The lowest BCUT2D eigenvalue weighted by Gasteiger charge is -2.26. The molecular formula is C14H17NO2S. The maximum Gasteiger partial charge on any atom is 0.328 e. The Hall–Kier alpha value is -1.42. The minimum Gasteiger partial charge on any atom is -0.478 e. The topological polar surface area (TPSA) is 40.5 Å². The summed E-state index contributed by atoms with van der Waals surface area (Å²) in [5.74, 6) is 1.52. The highest BCUT2D eigenvalue weighted by Crippen LogP contribution is 2.26. The first-order valence-electron chi connectivity index (χ1n) is 5.98. The van der Waals surface area contributed by atoms with Gasteiger partial charge >= 0.3 is 5.97 Å². The van der Waals surface area contributed by atoms with Crippen molar-refractivity contribution in [2.45, 2.75) is 12.5 Å². The predicted octanol–water partition coefficient (Wildman–Crippen LogP) is 2.73. The quantitative estimate of drug-likeness (QED) is 0.848. The van der Waals surface area contributed by atoms with E-state index in [0.29, 0.717) is 6.04 Å². The molecule has 1 atom stereocenters. The summed E-state index contributed by atoms with van der Waals surface area (Å²) in [5, 5.41) is 8.56. The van der Waals surface area contributed by atoms with Crippen LogP contribution in [-0.2, 0) is 4.79 Å². The van der Waals surface area contributed by atoms with Gasteiger partial charge in [0.05, 0.1) is 0 Å². The van der Waals surface area contributed by atoms with E-state index in [1.807, 2.05) is 36.0 Å². The lowest BCUT2D eigenvalue weighted by Crippen LogP contribution is -2.31. The number of anilines is 1. The van der Waals surface area contributed by atoms with E-state index in [2.05, 4.69) is 11.9 Å². The zero-order valence-corrected chi connectivity index (χ0v) is 11.2. The summed E-state index contributed by atoms with van der Waals surface area (Å²) in [6.45, 7) is 0. The van der Waals surface area contributed by atoms with Crippen molar-refractivity contribution in [3.63, 3.8) is 0 Å². The molecule has 1 N–H and O–H groups in total. The number of aliphatic carboxylic acids is 1. The van der Waals surface area contributed by atoms with E-state index < -0.39 is 5.97 Å². The minimum atomic E-state index is -0.917. The number of carboxylic acid groups (broad SMARTS) is 1. The van der Waals surface area contributed by atoms with Crippen LogP contribution in [0.4, 0.5) is 5.69 Å². The number of hydrogen-bond donors (Lipinski definition) is 1. The third-order valence-corrected chi connectivity index (χ3v) is 4.32. The molecule has 1 unspecified atom stereocenters. The summed E-state index contributed by atoms with van der Waals surface area (Å²) in [6.07, 6.45) is 4.01. The number of thioether (sulfide) groups is 1. The zero-order valence-electron chi connectivity index (χ0n) is 10.4. The molecule has 1 heterocycles. The van der Waals surface area contributed by atoms with Crippen molar-refractivity contribution >= 4 is 29.5 Å². The fraction of sp³-hybridized carbons (Fsp3) is 0.357. The van der Waals surface area contributed by atoms with Crippen LogP contribution in [-0.4, -0.2) is 35.7 Å². The van der Waals surface area contributed by atoms with Crippen molar-refractivity contribution < 1.29 is 9.90 Å². The van der Waals surface area contributed by atoms with Crippen molar-refractivity contribution in [1.29, 1.82) is 0 Å². The third-order valence-electron chi connectivity index (χ3n) is 3.17. The average molecular weight is 263 g/mol. The lowest BCUT2D eigenvalue weighted by molar-refractivity contribution is -0.131. The van der Waals surface area contributed by atoms with Crippen LogP contribution in [0.1, 0.15) is 12.0 Å². The Balaban J connectivity index is 2.04. The fourth-order valence-corrected chi connectivity index (χ4v) is 3.29. The summed E-state index contributed by atoms with van der Waals surface area (Å²) in [4.78, 5) is 12.7. The molecular weight excluding hydrogens is 246 g/mol. The number of benzene rings is 1. The van der Waals surface area contributed by atoms with Gasteiger partial charge in [-0.1, -0.05) is 12.1 Å². The summed E-state index contributed by atoms with van der Waals surface area (Å²) in [6, 6.07) is 8.62. The number of nitrogens with zero attached hydrogens (tertiary/aromatic N) is 1. The van der Waals surface area contributed by atoms with Gasteiger partial charge in [-0.05, 0) is 35.9 Å². The molecule has 0 aliphatic carbocycles. The maximum absolute atomic E-state index is 10.4. The smallest absolute Gasteiger partial charge is 0.328 e. The molecule has 1 aromatic rings. The molecule has 0 saturated carbocycles. The van der Waals surface area contributed by atoms with Crippen molar-refractivity contribution in [3.05, 3.63) is 35.9 Å². The molecule has 0 bridgehead atoms. The van der Waals surface area contributed by atoms with Crippen LogP contribution in [0.2, 0.25) is 0 Å². The first-order valence-corrected chi connectivity index (χ1v) is 7.14. The van der Waals surface area contributed by atoms with Gasteiger partial charge in [-0.3, -0.25) is 0 Å². The van der Waals surface area contributed by atoms with Gasteiger partial charge in [-0.25, -0.2) is 4.79 Å². The normalized spacial score (nSPS) is 19.3. The van der Waals surface area contributed by atoms with Crippen molar-refractivity contribution in [2.24, 2.45) is 0 Å². The molecule has 1 saturated heterocycles. The molecule has 1 aromatic carbocycles. The molecule has 1 aliphatic heterocycles. The Labute approximate surface area is 111 Å². The fourth-order valence-electron chi connectivity index (χ4n) is 2.03. The zero-order chi connectivity index (χ0) is 13.0. The van der Waals surface area contributed by atoms with E-state index in [1.54, 1.807) is 6.08 Å². The molecule has 2 rings (SSSR count). The second-order valence-electron chi connectivity index (χ2n) is 4.39. The Morgan fingerprint density at radius 2 is 2.17 bits per heavy atom.